The molecule has 0 saturated carbocycles. The lowest BCUT2D eigenvalue weighted by Crippen LogP contribution is -2.18. The number of ether oxygens (including phenoxy) is 1. The van der Waals surface area contributed by atoms with Gasteiger partial charge in [0, 0.05) is 24.4 Å². The van der Waals surface area contributed by atoms with E-state index in [0.29, 0.717) is 11.7 Å². The minimum atomic E-state index is -0.228. The SMILES string of the molecule is CNC(CCCC1CCCO1)c1ccncc1F. The van der Waals surface area contributed by atoms with Crippen molar-refractivity contribution in [2.24, 2.45) is 0 Å². The van der Waals surface area contributed by atoms with Crippen LogP contribution >= 0.6 is 0 Å². The summed E-state index contributed by atoms with van der Waals surface area (Å²) in [6.07, 6.45) is 8.75. The van der Waals surface area contributed by atoms with Gasteiger partial charge in [0.15, 0.2) is 0 Å². The first-order valence-corrected chi connectivity index (χ1v) is 6.69. The second-order valence-electron chi connectivity index (χ2n) is 4.80. The molecule has 2 unspecified atom stereocenters. The van der Waals surface area contributed by atoms with Crippen molar-refractivity contribution in [3.05, 3.63) is 29.8 Å². The van der Waals surface area contributed by atoms with Crippen molar-refractivity contribution >= 4 is 0 Å². The first-order chi connectivity index (χ1) is 8.81. The van der Waals surface area contributed by atoms with E-state index in [1.54, 1.807) is 12.3 Å². The van der Waals surface area contributed by atoms with Crippen molar-refractivity contribution in [2.75, 3.05) is 13.7 Å². The van der Waals surface area contributed by atoms with E-state index in [1.165, 1.54) is 19.0 Å². The average molecular weight is 252 g/mol. The van der Waals surface area contributed by atoms with Crippen molar-refractivity contribution in [3.8, 4) is 0 Å². The van der Waals surface area contributed by atoms with E-state index in [4.69, 9.17) is 4.74 Å². The zero-order valence-corrected chi connectivity index (χ0v) is 10.9. The van der Waals surface area contributed by atoms with Gasteiger partial charge >= 0.3 is 0 Å². The Labute approximate surface area is 108 Å². The summed E-state index contributed by atoms with van der Waals surface area (Å²) in [5.41, 5.74) is 0.708. The predicted molar refractivity (Wildman–Crippen MR) is 68.8 cm³/mol. The molecule has 1 saturated heterocycles. The van der Waals surface area contributed by atoms with E-state index in [9.17, 15) is 4.39 Å². The van der Waals surface area contributed by atoms with Gasteiger partial charge in [-0.15, -0.1) is 0 Å². The molecule has 18 heavy (non-hydrogen) atoms. The number of nitrogens with one attached hydrogen (secondary N) is 1. The van der Waals surface area contributed by atoms with Gasteiger partial charge in [0.1, 0.15) is 5.82 Å². The third-order valence-corrected chi connectivity index (χ3v) is 3.57. The van der Waals surface area contributed by atoms with E-state index in [0.717, 1.165) is 25.9 Å². The number of halogens is 1. The molecule has 1 aromatic rings. The van der Waals surface area contributed by atoms with Gasteiger partial charge in [-0.25, -0.2) is 4.39 Å². The standard InChI is InChI=1S/C14H21FN2O/c1-16-14(12-7-8-17-10-13(12)15)6-2-4-11-5-3-9-18-11/h7-8,10-11,14,16H,2-6,9H2,1H3. The largest absolute Gasteiger partial charge is 0.378 e. The summed E-state index contributed by atoms with van der Waals surface area (Å²) < 4.78 is 19.2. The molecule has 3 nitrogen and oxygen atoms in total. The van der Waals surface area contributed by atoms with Crippen LogP contribution in [0.4, 0.5) is 4.39 Å². The molecule has 4 heteroatoms. The zero-order chi connectivity index (χ0) is 12.8. The number of nitrogens with zero attached hydrogens (tertiary/aromatic N) is 1. The first kappa shape index (κ1) is 13.4. The van der Waals surface area contributed by atoms with Crippen LogP contribution in [0, 0.1) is 5.82 Å². The highest BCUT2D eigenvalue weighted by atomic mass is 19.1. The molecule has 0 aromatic carbocycles. The second-order valence-corrected chi connectivity index (χ2v) is 4.80. The van der Waals surface area contributed by atoms with Crippen LogP contribution in [0.1, 0.15) is 43.7 Å². The summed E-state index contributed by atoms with van der Waals surface area (Å²) in [7, 11) is 1.87. The number of hydrogen-bond donors (Lipinski definition) is 1. The van der Waals surface area contributed by atoms with E-state index in [-0.39, 0.29) is 11.9 Å². The molecule has 0 aliphatic carbocycles. The third kappa shape index (κ3) is 3.50. The van der Waals surface area contributed by atoms with Gasteiger partial charge in [0.2, 0.25) is 0 Å². The lowest BCUT2D eigenvalue weighted by molar-refractivity contribution is 0.101. The van der Waals surface area contributed by atoms with Crippen LogP contribution in [0.25, 0.3) is 0 Å². The monoisotopic (exact) mass is 252 g/mol. The Kier molecular flexibility index (Phi) is 5.08. The molecule has 2 heterocycles. The topological polar surface area (TPSA) is 34.1 Å². The highest BCUT2D eigenvalue weighted by molar-refractivity contribution is 5.17. The Bertz CT molecular complexity index is 367. The van der Waals surface area contributed by atoms with Gasteiger partial charge in [-0.3, -0.25) is 4.98 Å². The maximum atomic E-state index is 13.6. The van der Waals surface area contributed by atoms with Crippen molar-refractivity contribution in [1.82, 2.24) is 10.3 Å². The van der Waals surface area contributed by atoms with E-state index < -0.39 is 0 Å². The maximum Gasteiger partial charge on any atom is 0.146 e. The fraction of sp³-hybridized carbons (Fsp3) is 0.643. The molecule has 100 valence electrons. The Morgan fingerprint density at radius 1 is 1.61 bits per heavy atom. The van der Waals surface area contributed by atoms with Gasteiger partial charge in [-0.2, -0.15) is 0 Å². The highest BCUT2D eigenvalue weighted by Crippen LogP contribution is 2.24. The molecule has 0 bridgehead atoms. The Morgan fingerprint density at radius 2 is 2.50 bits per heavy atom. The summed E-state index contributed by atoms with van der Waals surface area (Å²) in [6.45, 7) is 0.902. The van der Waals surface area contributed by atoms with Crippen molar-refractivity contribution in [3.63, 3.8) is 0 Å². The van der Waals surface area contributed by atoms with E-state index in [2.05, 4.69) is 10.3 Å². The highest BCUT2D eigenvalue weighted by Gasteiger charge is 2.17. The average Bonchev–Trinajstić information content (AvgIpc) is 2.89. The molecular formula is C14H21FN2O. The summed E-state index contributed by atoms with van der Waals surface area (Å²) in [4.78, 5) is 3.78. The molecule has 1 N–H and O–H groups in total. The Hall–Kier alpha value is -1.00. The number of pyridine rings is 1. The van der Waals surface area contributed by atoms with E-state index >= 15 is 0 Å². The summed E-state index contributed by atoms with van der Waals surface area (Å²) >= 11 is 0. The van der Waals surface area contributed by atoms with Crippen LogP contribution in [0.15, 0.2) is 18.5 Å². The van der Waals surface area contributed by atoms with Crippen molar-refractivity contribution in [2.45, 2.75) is 44.2 Å². The maximum absolute atomic E-state index is 13.6. The molecular weight excluding hydrogens is 231 g/mol. The molecule has 1 aliphatic rings. The summed E-state index contributed by atoms with van der Waals surface area (Å²) in [5.74, 6) is -0.228. The van der Waals surface area contributed by atoms with Gasteiger partial charge in [0.05, 0.1) is 12.3 Å². The lowest BCUT2D eigenvalue weighted by Gasteiger charge is -2.18. The number of aromatic nitrogens is 1. The number of hydrogen-bond acceptors (Lipinski definition) is 3. The predicted octanol–water partition coefficient (Wildman–Crippen LogP) is 2.83. The van der Waals surface area contributed by atoms with Crippen LogP contribution in [-0.2, 0) is 4.74 Å². The molecule has 0 amide bonds. The summed E-state index contributed by atoms with van der Waals surface area (Å²) in [5, 5.41) is 3.18. The minimum Gasteiger partial charge on any atom is -0.378 e. The fourth-order valence-corrected chi connectivity index (χ4v) is 2.55. The van der Waals surface area contributed by atoms with Crippen molar-refractivity contribution < 1.29 is 9.13 Å². The quantitative estimate of drug-likeness (QED) is 0.845. The smallest absolute Gasteiger partial charge is 0.146 e. The third-order valence-electron chi connectivity index (χ3n) is 3.57. The number of rotatable bonds is 6. The normalized spacial score (nSPS) is 21.1. The minimum absolute atomic E-state index is 0.0643. The van der Waals surface area contributed by atoms with E-state index in [1.807, 2.05) is 7.05 Å². The van der Waals surface area contributed by atoms with Gasteiger partial charge in [-0.1, -0.05) is 0 Å². The molecule has 0 spiro atoms. The lowest BCUT2D eigenvalue weighted by atomic mass is 10.00. The van der Waals surface area contributed by atoms with Crippen LogP contribution < -0.4 is 5.32 Å². The zero-order valence-electron chi connectivity index (χ0n) is 10.9. The second kappa shape index (κ2) is 6.81. The Balaban J connectivity index is 1.83. The molecule has 1 fully saturated rings. The van der Waals surface area contributed by atoms with Gasteiger partial charge in [-0.05, 0) is 45.2 Å². The molecule has 2 rings (SSSR count). The van der Waals surface area contributed by atoms with Crippen LogP contribution in [0.2, 0.25) is 0 Å². The molecule has 1 aromatic heterocycles. The van der Waals surface area contributed by atoms with Gasteiger partial charge < -0.3 is 10.1 Å². The van der Waals surface area contributed by atoms with Gasteiger partial charge in [0.25, 0.3) is 0 Å². The first-order valence-electron chi connectivity index (χ1n) is 6.69. The molecule has 0 radical (unpaired) electrons. The van der Waals surface area contributed by atoms with Crippen LogP contribution in [0.5, 0.6) is 0 Å². The van der Waals surface area contributed by atoms with Crippen molar-refractivity contribution in [1.29, 1.82) is 0 Å². The fourth-order valence-electron chi connectivity index (χ4n) is 2.55. The Morgan fingerprint density at radius 3 is 3.17 bits per heavy atom. The molecule has 2 atom stereocenters. The molecule has 1 aliphatic heterocycles. The summed E-state index contributed by atoms with van der Waals surface area (Å²) in [6, 6.07) is 1.82. The van der Waals surface area contributed by atoms with Crippen LogP contribution in [0.3, 0.4) is 0 Å². The van der Waals surface area contributed by atoms with Crippen LogP contribution in [-0.4, -0.2) is 24.7 Å².